The lowest BCUT2D eigenvalue weighted by atomic mass is 10.1. The molecule has 0 fully saturated rings. The van der Waals surface area contributed by atoms with E-state index in [-0.39, 0.29) is 11.5 Å². The van der Waals surface area contributed by atoms with E-state index in [0.717, 1.165) is 5.56 Å². The molecule has 6 nitrogen and oxygen atoms in total. The van der Waals surface area contributed by atoms with Crippen LogP contribution in [0.4, 0.5) is 0 Å². The Bertz CT molecular complexity index is 646. The van der Waals surface area contributed by atoms with Gasteiger partial charge in [0.25, 0.3) is 11.5 Å². The SMILES string of the molecule is Cc1cc(=O)n(Cc2ccc(C(=O)NN)cc2)cn1. The van der Waals surface area contributed by atoms with Gasteiger partial charge in [0.2, 0.25) is 0 Å². The summed E-state index contributed by atoms with van der Waals surface area (Å²) in [6.45, 7) is 2.18. The van der Waals surface area contributed by atoms with Crippen LogP contribution in [0.15, 0.2) is 41.5 Å². The van der Waals surface area contributed by atoms with Gasteiger partial charge in [-0.1, -0.05) is 12.1 Å². The second-order valence-corrected chi connectivity index (χ2v) is 4.17. The zero-order chi connectivity index (χ0) is 13.8. The van der Waals surface area contributed by atoms with Gasteiger partial charge in [-0.25, -0.2) is 10.8 Å². The maximum Gasteiger partial charge on any atom is 0.265 e. The summed E-state index contributed by atoms with van der Waals surface area (Å²) in [5.41, 5.74) is 4.03. The summed E-state index contributed by atoms with van der Waals surface area (Å²) < 4.78 is 1.50. The van der Waals surface area contributed by atoms with Crippen LogP contribution in [0.3, 0.4) is 0 Å². The second kappa shape index (κ2) is 5.45. The van der Waals surface area contributed by atoms with Gasteiger partial charge in [-0.05, 0) is 24.6 Å². The van der Waals surface area contributed by atoms with Gasteiger partial charge in [0.15, 0.2) is 0 Å². The van der Waals surface area contributed by atoms with Gasteiger partial charge < -0.3 is 0 Å². The van der Waals surface area contributed by atoms with Crippen LogP contribution in [0, 0.1) is 6.92 Å². The zero-order valence-electron chi connectivity index (χ0n) is 10.5. The fourth-order valence-electron chi connectivity index (χ4n) is 1.68. The molecule has 0 saturated heterocycles. The smallest absolute Gasteiger partial charge is 0.265 e. The van der Waals surface area contributed by atoms with E-state index in [1.807, 2.05) is 0 Å². The number of nitrogens with one attached hydrogen (secondary N) is 1. The molecule has 1 aromatic heterocycles. The first-order chi connectivity index (χ1) is 9.10. The lowest BCUT2D eigenvalue weighted by Gasteiger charge is -2.06. The molecule has 3 N–H and O–H groups in total. The molecule has 2 rings (SSSR count). The molecule has 0 unspecified atom stereocenters. The highest BCUT2D eigenvalue weighted by Crippen LogP contribution is 2.05. The van der Waals surface area contributed by atoms with E-state index >= 15 is 0 Å². The van der Waals surface area contributed by atoms with Crippen LogP contribution in [0.5, 0.6) is 0 Å². The van der Waals surface area contributed by atoms with Crippen molar-refractivity contribution in [2.45, 2.75) is 13.5 Å². The maximum absolute atomic E-state index is 11.7. The Morgan fingerprint density at radius 1 is 1.37 bits per heavy atom. The minimum atomic E-state index is -0.347. The molecule has 1 amide bonds. The molecule has 1 aromatic carbocycles. The first-order valence-electron chi connectivity index (χ1n) is 5.73. The van der Waals surface area contributed by atoms with Crippen LogP contribution in [0.1, 0.15) is 21.6 Å². The highest BCUT2D eigenvalue weighted by molar-refractivity contribution is 5.93. The topological polar surface area (TPSA) is 90.0 Å². The fraction of sp³-hybridized carbons (Fsp3) is 0.154. The summed E-state index contributed by atoms with van der Waals surface area (Å²) in [5, 5.41) is 0. The van der Waals surface area contributed by atoms with Crippen molar-refractivity contribution < 1.29 is 4.79 Å². The molecular weight excluding hydrogens is 244 g/mol. The van der Waals surface area contributed by atoms with Crippen molar-refractivity contribution in [3.8, 4) is 0 Å². The number of nitrogens with zero attached hydrogens (tertiary/aromatic N) is 2. The van der Waals surface area contributed by atoms with Crippen molar-refractivity contribution in [1.82, 2.24) is 15.0 Å². The number of nitrogen functional groups attached to an aromatic ring is 1. The Morgan fingerprint density at radius 3 is 2.63 bits per heavy atom. The first kappa shape index (κ1) is 13.0. The van der Waals surface area contributed by atoms with Crippen LogP contribution in [0.25, 0.3) is 0 Å². The molecule has 0 aliphatic rings. The average molecular weight is 258 g/mol. The molecule has 98 valence electrons. The monoisotopic (exact) mass is 258 g/mol. The van der Waals surface area contributed by atoms with E-state index in [2.05, 4.69) is 10.4 Å². The Labute approximate surface area is 109 Å². The summed E-state index contributed by atoms with van der Waals surface area (Å²) in [6, 6.07) is 8.35. The fourth-order valence-corrected chi connectivity index (χ4v) is 1.68. The minimum absolute atomic E-state index is 0.101. The highest BCUT2D eigenvalue weighted by atomic mass is 16.2. The van der Waals surface area contributed by atoms with Crippen molar-refractivity contribution >= 4 is 5.91 Å². The van der Waals surface area contributed by atoms with Crippen molar-refractivity contribution in [2.24, 2.45) is 5.84 Å². The normalized spacial score (nSPS) is 10.2. The predicted molar refractivity (Wildman–Crippen MR) is 70.4 cm³/mol. The van der Waals surface area contributed by atoms with Crippen LogP contribution in [-0.2, 0) is 6.54 Å². The summed E-state index contributed by atoms with van der Waals surface area (Å²) in [7, 11) is 0. The molecule has 1 heterocycles. The van der Waals surface area contributed by atoms with Crippen LogP contribution in [-0.4, -0.2) is 15.5 Å². The Balaban J connectivity index is 2.20. The number of rotatable bonds is 3. The maximum atomic E-state index is 11.7. The second-order valence-electron chi connectivity index (χ2n) is 4.17. The third-order valence-corrected chi connectivity index (χ3v) is 2.72. The van der Waals surface area contributed by atoms with E-state index in [9.17, 15) is 9.59 Å². The third kappa shape index (κ3) is 3.05. The van der Waals surface area contributed by atoms with Gasteiger partial charge in [-0.2, -0.15) is 0 Å². The summed E-state index contributed by atoms with van der Waals surface area (Å²) in [5.74, 6) is 4.70. The van der Waals surface area contributed by atoms with E-state index in [1.165, 1.54) is 17.0 Å². The molecule has 19 heavy (non-hydrogen) atoms. The van der Waals surface area contributed by atoms with Crippen LogP contribution in [0.2, 0.25) is 0 Å². The predicted octanol–water partition coefficient (Wildman–Crippen LogP) is 0.204. The molecule has 0 aliphatic carbocycles. The molecule has 0 radical (unpaired) electrons. The van der Waals surface area contributed by atoms with Crippen LogP contribution < -0.4 is 16.8 Å². The van der Waals surface area contributed by atoms with Gasteiger partial charge in [-0.3, -0.25) is 19.6 Å². The molecule has 0 saturated carbocycles. The molecular formula is C13H14N4O2. The summed E-state index contributed by atoms with van der Waals surface area (Å²) >= 11 is 0. The molecule has 0 atom stereocenters. The van der Waals surface area contributed by atoms with Gasteiger partial charge >= 0.3 is 0 Å². The van der Waals surface area contributed by atoms with Crippen molar-refractivity contribution in [1.29, 1.82) is 0 Å². The van der Waals surface area contributed by atoms with Crippen LogP contribution >= 0.6 is 0 Å². The first-order valence-corrected chi connectivity index (χ1v) is 5.73. The number of nitrogens with two attached hydrogens (primary N) is 1. The standard InChI is InChI=1S/C13H14N4O2/c1-9-6-12(18)17(8-15-9)7-10-2-4-11(5-3-10)13(19)16-14/h2-6,8H,7,14H2,1H3,(H,16,19). The number of carbonyl (C=O) groups is 1. The number of aromatic nitrogens is 2. The highest BCUT2D eigenvalue weighted by Gasteiger charge is 2.03. The molecule has 6 heteroatoms. The quantitative estimate of drug-likeness (QED) is 0.467. The van der Waals surface area contributed by atoms with Crippen molar-refractivity contribution in [3.05, 3.63) is 63.8 Å². The van der Waals surface area contributed by atoms with E-state index in [4.69, 9.17) is 5.84 Å². The number of hydrogen-bond donors (Lipinski definition) is 2. The van der Waals surface area contributed by atoms with Gasteiger partial charge in [0.1, 0.15) is 0 Å². The number of hydrogen-bond acceptors (Lipinski definition) is 4. The Morgan fingerprint density at radius 2 is 2.05 bits per heavy atom. The lowest BCUT2D eigenvalue weighted by Crippen LogP contribution is -2.29. The van der Waals surface area contributed by atoms with E-state index < -0.39 is 0 Å². The van der Waals surface area contributed by atoms with Gasteiger partial charge in [0.05, 0.1) is 12.9 Å². The average Bonchev–Trinajstić information content (AvgIpc) is 2.42. The Hall–Kier alpha value is -2.47. The molecule has 2 aromatic rings. The van der Waals surface area contributed by atoms with Gasteiger partial charge in [0, 0.05) is 17.3 Å². The number of hydrazine groups is 1. The number of carbonyl (C=O) groups excluding carboxylic acids is 1. The van der Waals surface area contributed by atoms with Gasteiger partial charge in [-0.15, -0.1) is 0 Å². The number of amides is 1. The summed E-state index contributed by atoms with van der Waals surface area (Å²) in [4.78, 5) is 27.1. The zero-order valence-corrected chi connectivity index (χ0v) is 10.5. The van der Waals surface area contributed by atoms with E-state index in [0.29, 0.717) is 17.8 Å². The van der Waals surface area contributed by atoms with Crippen molar-refractivity contribution in [3.63, 3.8) is 0 Å². The molecule has 0 bridgehead atoms. The lowest BCUT2D eigenvalue weighted by molar-refractivity contribution is 0.0953. The molecule has 0 aliphatic heterocycles. The Kier molecular flexibility index (Phi) is 3.72. The third-order valence-electron chi connectivity index (χ3n) is 2.72. The summed E-state index contributed by atoms with van der Waals surface area (Å²) in [6.07, 6.45) is 1.51. The molecule has 0 spiro atoms. The number of benzene rings is 1. The van der Waals surface area contributed by atoms with E-state index in [1.54, 1.807) is 31.2 Å². The van der Waals surface area contributed by atoms with Crippen molar-refractivity contribution in [2.75, 3.05) is 0 Å². The number of aryl methyl sites for hydroxylation is 1. The largest absolute Gasteiger partial charge is 0.295 e. The minimum Gasteiger partial charge on any atom is -0.295 e.